The lowest BCUT2D eigenvalue weighted by molar-refractivity contribution is 0.142. The van der Waals surface area contributed by atoms with E-state index in [1.54, 1.807) is 0 Å². The summed E-state index contributed by atoms with van der Waals surface area (Å²) in [5.74, 6) is 1.77. The molecule has 0 saturated carbocycles. The second kappa shape index (κ2) is 10.4. The van der Waals surface area contributed by atoms with Gasteiger partial charge in [-0.3, -0.25) is 4.90 Å². The first-order valence-electron chi connectivity index (χ1n) is 11.0. The predicted molar refractivity (Wildman–Crippen MR) is 125 cm³/mol. The lowest BCUT2D eigenvalue weighted by atomic mass is 10.1. The highest BCUT2D eigenvalue weighted by atomic mass is 16.5. The first kappa shape index (κ1) is 22.1. The molecule has 0 N–H and O–H groups in total. The third-order valence-electron chi connectivity index (χ3n) is 5.23. The van der Waals surface area contributed by atoms with Crippen molar-refractivity contribution in [3.8, 4) is 22.8 Å². The molecule has 0 atom stereocenters. The van der Waals surface area contributed by atoms with Gasteiger partial charge in [0.2, 0.25) is 0 Å². The van der Waals surface area contributed by atoms with Crippen LogP contribution in [0.25, 0.3) is 22.2 Å². The minimum absolute atomic E-state index is 0.492. The van der Waals surface area contributed by atoms with Gasteiger partial charge in [0.15, 0.2) is 0 Å². The smallest absolute Gasteiger partial charge is 0.130 e. The van der Waals surface area contributed by atoms with Crippen molar-refractivity contribution in [3.05, 3.63) is 54.6 Å². The molecule has 0 aliphatic rings. The predicted octanol–water partition coefficient (Wildman–Crippen LogP) is 6.19. The Bertz CT molecular complexity index is 927. The Balaban J connectivity index is 1.83. The average molecular weight is 407 g/mol. The molecule has 1 heterocycles. The number of nitrogens with zero attached hydrogens (tertiary/aromatic N) is 2. The molecule has 3 aromatic rings. The SMILES string of the molecule is CCCOc1ccc(-c2cc(OCCN(C(C)C)C(C)C)c3ccccc3n2)cc1. The second-order valence-electron chi connectivity index (χ2n) is 8.17. The second-order valence-corrected chi connectivity index (χ2v) is 8.17. The molecular formula is C26H34N2O2. The van der Waals surface area contributed by atoms with Crippen LogP contribution in [0.1, 0.15) is 41.0 Å². The standard InChI is InChI=1S/C26H34N2O2/c1-6-16-29-22-13-11-21(12-14-22)25-18-26(23-9-7-8-10-24(23)27-25)30-17-15-28(19(2)3)20(4)5/h7-14,18-20H,6,15-17H2,1-5H3. The zero-order valence-electron chi connectivity index (χ0n) is 18.9. The van der Waals surface area contributed by atoms with Gasteiger partial charge < -0.3 is 9.47 Å². The van der Waals surface area contributed by atoms with E-state index in [1.807, 2.05) is 30.3 Å². The number of aromatic nitrogens is 1. The summed E-state index contributed by atoms with van der Waals surface area (Å²) >= 11 is 0. The van der Waals surface area contributed by atoms with Crippen molar-refractivity contribution in [1.29, 1.82) is 0 Å². The van der Waals surface area contributed by atoms with Crippen LogP contribution in [0.15, 0.2) is 54.6 Å². The van der Waals surface area contributed by atoms with Gasteiger partial charge in [0.1, 0.15) is 18.1 Å². The summed E-state index contributed by atoms with van der Waals surface area (Å²) in [5.41, 5.74) is 2.91. The van der Waals surface area contributed by atoms with E-state index in [2.05, 4.69) is 63.8 Å². The van der Waals surface area contributed by atoms with Gasteiger partial charge in [0, 0.05) is 35.6 Å². The first-order valence-corrected chi connectivity index (χ1v) is 11.0. The fourth-order valence-electron chi connectivity index (χ4n) is 3.73. The van der Waals surface area contributed by atoms with Crippen LogP contribution in [0.3, 0.4) is 0 Å². The zero-order valence-corrected chi connectivity index (χ0v) is 18.9. The average Bonchev–Trinajstić information content (AvgIpc) is 2.74. The number of rotatable bonds is 10. The molecule has 2 aromatic carbocycles. The van der Waals surface area contributed by atoms with Crippen molar-refractivity contribution >= 4 is 10.9 Å². The van der Waals surface area contributed by atoms with E-state index in [-0.39, 0.29) is 0 Å². The summed E-state index contributed by atoms with van der Waals surface area (Å²) in [6.45, 7) is 13.3. The third kappa shape index (κ3) is 5.51. The molecule has 0 unspecified atom stereocenters. The van der Waals surface area contributed by atoms with Gasteiger partial charge in [0.25, 0.3) is 0 Å². The molecule has 0 fully saturated rings. The van der Waals surface area contributed by atoms with Crippen molar-refractivity contribution in [2.75, 3.05) is 19.8 Å². The number of para-hydroxylation sites is 1. The van der Waals surface area contributed by atoms with Crippen molar-refractivity contribution in [1.82, 2.24) is 9.88 Å². The van der Waals surface area contributed by atoms with Crippen molar-refractivity contribution in [3.63, 3.8) is 0 Å². The van der Waals surface area contributed by atoms with Crippen molar-refractivity contribution in [2.45, 2.75) is 53.1 Å². The summed E-state index contributed by atoms with van der Waals surface area (Å²) in [5, 5.41) is 1.05. The van der Waals surface area contributed by atoms with Gasteiger partial charge in [-0.2, -0.15) is 0 Å². The van der Waals surface area contributed by atoms with Crippen LogP contribution in [0.4, 0.5) is 0 Å². The van der Waals surface area contributed by atoms with Gasteiger partial charge >= 0.3 is 0 Å². The Morgan fingerprint density at radius 1 is 0.867 bits per heavy atom. The molecule has 160 valence electrons. The lowest BCUT2D eigenvalue weighted by Crippen LogP contribution is -2.39. The molecule has 4 nitrogen and oxygen atoms in total. The molecule has 4 heteroatoms. The Morgan fingerprint density at radius 3 is 2.23 bits per heavy atom. The molecule has 0 saturated heterocycles. The first-order chi connectivity index (χ1) is 14.5. The van der Waals surface area contributed by atoms with Gasteiger partial charge in [-0.25, -0.2) is 4.98 Å². The Kier molecular flexibility index (Phi) is 7.69. The van der Waals surface area contributed by atoms with E-state index in [1.165, 1.54) is 0 Å². The maximum Gasteiger partial charge on any atom is 0.130 e. The van der Waals surface area contributed by atoms with Gasteiger partial charge in [0.05, 0.1) is 17.8 Å². The van der Waals surface area contributed by atoms with Crippen LogP contribution < -0.4 is 9.47 Å². The van der Waals surface area contributed by atoms with E-state index >= 15 is 0 Å². The number of ether oxygens (including phenoxy) is 2. The van der Waals surface area contributed by atoms with Crippen molar-refractivity contribution < 1.29 is 9.47 Å². The quantitative estimate of drug-likeness (QED) is 0.402. The van der Waals surface area contributed by atoms with Gasteiger partial charge in [-0.1, -0.05) is 19.1 Å². The fourth-order valence-corrected chi connectivity index (χ4v) is 3.73. The van der Waals surface area contributed by atoms with E-state index in [4.69, 9.17) is 14.5 Å². The molecule has 1 aromatic heterocycles. The van der Waals surface area contributed by atoms with Gasteiger partial charge in [-0.15, -0.1) is 0 Å². The zero-order chi connectivity index (χ0) is 21.5. The molecule has 0 spiro atoms. The molecule has 30 heavy (non-hydrogen) atoms. The molecule has 0 aliphatic carbocycles. The molecule has 3 rings (SSSR count). The largest absolute Gasteiger partial charge is 0.494 e. The minimum Gasteiger partial charge on any atom is -0.494 e. The Morgan fingerprint density at radius 2 is 1.57 bits per heavy atom. The summed E-state index contributed by atoms with van der Waals surface area (Å²) in [4.78, 5) is 7.31. The van der Waals surface area contributed by atoms with Crippen LogP contribution in [0.2, 0.25) is 0 Å². The van der Waals surface area contributed by atoms with Crippen LogP contribution in [0.5, 0.6) is 11.5 Å². The van der Waals surface area contributed by atoms with Crippen LogP contribution in [0, 0.1) is 0 Å². The Hall–Kier alpha value is -2.59. The third-order valence-corrected chi connectivity index (χ3v) is 5.23. The van der Waals surface area contributed by atoms with Crippen LogP contribution in [-0.2, 0) is 0 Å². The molecule has 0 aliphatic heterocycles. The lowest BCUT2D eigenvalue weighted by Gasteiger charge is -2.30. The maximum absolute atomic E-state index is 6.28. The highest BCUT2D eigenvalue weighted by molar-refractivity contribution is 5.87. The van der Waals surface area contributed by atoms with Crippen molar-refractivity contribution in [2.24, 2.45) is 0 Å². The number of pyridine rings is 1. The van der Waals surface area contributed by atoms with E-state index < -0.39 is 0 Å². The fraction of sp³-hybridized carbons (Fsp3) is 0.423. The topological polar surface area (TPSA) is 34.6 Å². The molecule has 0 radical (unpaired) electrons. The molecule has 0 bridgehead atoms. The highest BCUT2D eigenvalue weighted by Crippen LogP contribution is 2.31. The number of hydrogen-bond donors (Lipinski definition) is 0. The summed E-state index contributed by atoms with van der Waals surface area (Å²) < 4.78 is 12.0. The monoisotopic (exact) mass is 406 g/mol. The summed E-state index contributed by atoms with van der Waals surface area (Å²) in [7, 11) is 0. The van der Waals surface area contributed by atoms with Crippen LogP contribution >= 0.6 is 0 Å². The summed E-state index contributed by atoms with van der Waals surface area (Å²) in [6, 6.07) is 19.3. The molecular weight excluding hydrogens is 372 g/mol. The normalized spacial score (nSPS) is 11.6. The maximum atomic E-state index is 6.28. The number of hydrogen-bond acceptors (Lipinski definition) is 4. The summed E-state index contributed by atoms with van der Waals surface area (Å²) in [6.07, 6.45) is 1.000. The Labute approximate surface area is 180 Å². The van der Waals surface area contributed by atoms with E-state index in [0.29, 0.717) is 18.7 Å². The number of benzene rings is 2. The van der Waals surface area contributed by atoms with Gasteiger partial charge in [-0.05, 0) is 70.5 Å². The molecule has 0 amide bonds. The van der Waals surface area contributed by atoms with Crippen LogP contribution in [-0.4, -0.2) is 41.7 Å². The highest BCUT2D eigenvalue weighted by Gasteiger charge is 2.14. The van der Waals surface area contributed by atoms with E-state index in [0.717, 1.165) is 53.2 Å². The van der Waals surface area contributed by atoms with E-state index in [9.17, 15) is 0 Å². The minimum atomic E-state index is 0.492. The number of fused-ring (bicyclic) bond motifs is 1.